The van der Waals surface area contributed by atoms with Gasteiger partial charge in [0.1, 0.15) is 0 Å². The van der Waals surface area contributed by atoms with Crippen molar-refractivity contribution >= 4 is 5.91 Å². The third-order valence-electron chi connectivity index (χ3n) is 3.89. The predicted octanol–water partition coefficient (Wildman–Crippen LogP) is 0.683. The molecule has 0 aliphatic carbocycles. The molecule has 0 aromatic heterocycles. The van der Waals surface area contributed by atoms with Crippen LogP contribution in [0.4, 0.5) is 0 Å². The minimum atomic E-state index is -0.326. The summed E-state index contributed by atoms with van der Waals surface area (Å²) < 4.78 is 5.14. The molecule has 0 aromatic rings. The quantitative estimate of drug-likeness (QED) is 0.740. The van der Waals surface area contributed by atoms with Crippen molar-refractivity contribution in [2.45, 2.75) is 45.2 Å². The third-order valence-corrected chi connectivity index (χ3v) is 3.89. The number of methoxy groups -OCH3 is 1. The fourth-order valence-electron chi connectivity index (χ4n) is 2.65. The molecule has 0 spiro atoms. The zero-order chi connectivity index (χ0) is 14.3. The van der Waals surface area contributed by atoms with Gasteiger partial charge < -0.3 is 15.4 Å². The second-order valence-electron chi connectivity index (χ2n) is 5.27. The second-order valence-corrected chi connectivity index (χ2v) is 5.27. The zero-order valence-electron chi connectivity index (χ0n) is 12.6. The molecule has 1 fully saturated rings. The van der Waals surface area contributed by atoms with Gasteiger partial charge in [-0.15, -0.1) is 0 Å². The van der Waals surface area contributed by atoms with Crippen LogP contribution in [0.5, 0.6) is 0 Å². The van der Waals surface area contributed by atoms with Crippen molar-refractivity contribution in [1.29, 1.82) is 0 Å². The Kier molecular flexibility index (Phi) is 7.34. The van der Waals surface area contributed by atoms with Crippen molar-refractivity contribution in [2.75, 3.05) is 39.9 Å². The first-order valence-electron chi connectivity index (χ1n) is 7.41. The van der Waals surface area contributed by atoms with Gasteiger partial charge in [-0.3, -0.25) is 9.69 Å². The van der Waals surface area contributed by atoms with E-state index in [2.05, 4.69) is 18.7 Å². The number of hydrogen-bond donors (Lipinski definition) is 1. The molecule has 1 saturated heterocycles. The van der Waals surface area contributed by atoms with E-state index in [1.807, 2.05) is 4.90 Å². The number of rotatable bonds is 7. The van der Waals surface area contributed by atoms with E-state index in [-0.39, 0.29) is 11.9 Å². The summed E-state index contributed by atoms with van der Waals surface area (Å²) in [6.45, 7) is 8.44. The zero-order valence-corrected chi connectivity index (χ0v) is 12.6. The van der Waals surface area contributed by atoms with E-state index in [4.69, 9.17) is 10.5 Å². The summed E-state index contributed by atoms with van der Waals surface area (Å²) in [5, 5.41) is 0. The minimum Gasteiger partial charge on any atom is -0.383 e. The summed E-state index contributed by atoms with van der Waals surface area (Å²) >= 11 is 0. The van der Waals surface area contributed by atoms with Crippen LogP contribution in [-0.2, 0) is 9.53 Å². The Morgan fingerprint density at radius 3 is 2.74 bits per heavy atom. The summed E-state index contributed by atoms with van der Waals surface area (Å²) in [6.07, 6.45) is 2.79. The van der Waals surface area contributed by atoms with E-state index in [1.165, 1.54) is 0 Å². The highest BCUT2D eigenvalue weighted by Gasteiger charge is 2.29. The molecular weight excluding hydrogens is 242 g/mol. The molecule has 5 heteroatoms. The Labute approximate surface area is 117 Å². The number of nitrogens with two attached hydrogens (primary N) is 1. The van der Waals surface area contributed by atoms with Crippen LogP contribution >= 0.6 is 0 Å². The molecule has 1 rings (SSSR count). The van der Waals surface area contributed by atoms with Crippen LogP contribution in [0.1, 0.15) is 33.1 Å². The lowest BCUT2D eigenvalue weighted by atomic mass is 10.1. The molecule has 0 aromatic carbocycles. The van der Waals surface area contributed by atoms with Gasteiger partial charge in [-0.1, -0.05) is 20.3 Å². The van der Waals surface area contributed by atoms with E-state index in [0.29, 0.717) is 6.04 Å². The van der Waals surface area contributed by atoms with E-state index >= 15 is 0 Å². The van der Waals surface area contributed by atoms with Crippen molar-refractivity contribution in [2.24, 2.45) is 5.73 Å². The summed E-state index contributed by atoms with van der Waals surface area (Å²) in [4.78, 5) is 16.6. The van der Waals surface area contributed by atoms with Crippen molar-refractivity contribution in [3.63, 3.8) is 0 Å². The fourth-order valence-corrected chi connectivity index (χ4v) is 2.65. The second kappa shape index (κ2) is 8.51. The summed E-state index contributed by atoms with van der Waals surface area (Å²) in [6, 6.07) is 0.106. The maximum atomic E-state index is 12.2. The highest BCUT2D eigenvalue weighted by Crippen LogP contribution is 2.14. The third kappa shape index (κ3) is 4.75. The molecule has 0 saturated carbocycles. The maximum absolute atomic E-state index is 12.2. The Balaban J connectivity index is 2.51. The van der Waals surface area contributed by atoms with E-state index in [0.717, 1.165) is 52.0 Å². The maximum Gasteiger partial charge on any atom is 0.239 e. The highest BCUT2D eigenvalue weighted by atomic mass is 16.5. The molecule has 1 amide bonds. The summed E-state index contributed by atoms with van der Waals surface area (Å²) in [5.74, 6) is 0.117. The van der Waals surface area contributed by atoms with Crippen LogP contribution in [0.3, 0.4) is 0 Å². The average molecular weight is 271 g/mol. The Hall–Kier alpha value is -0.650. The van der Waals surface area contributed by atoms with Gasteiger partial charge in [-0.2, -0.15) is 0 Å². The molecule has 0 radical (unpaired) electrons. The lowest BCUT2D eigenvalue weighted by Gasteiger charge is -2.41. The average Bonchev–Trinajstić information content (AvgIpc) is 2.44. The smallest absolute Gasteiger partial charge is 0.239 e. The molecule has 19 heavy (non-hydrogen) atoms. The van der Waals surface area contributed by atoms with Gasteiger partial charge in [0.05, 0.1) is 12.6 Å². The van der Waals surface area contributed by atoms with Crippen LogP contribution in [0.15, 0.2) is 0 Å². The first kappa shape index (κ1) is 16.4. The van der Waals surface area contributed by atoms with Crippen LogP contribution < -0.4 is 5.73 Å². The lowest BCUT2D eigenvalue weighted by Crippen LogP contribution is -2.57. The van der Waals surface area contributed by atoms with Crippen molar-refractivity contribution in [3.8, 4) is 0 Å². The van der Waals surface area contributed by atoms with Crippen LogP contribution in [0, 0.1) is 0 Å². The van der Waals surface area contributed by atoms with Crippen LogP contribution in [0.25, 0.3) is 0 Å². The monoisotopic (exact) mass is 271 g/mol. The van der Waals surface area contributed by atoms with Crippen LogP contribution in [-0.4, -0.2) is 67.7 Å². The molecule has 1 heterocycles. The molecule has 5 nitrogen and oxygen atoms in total. The topological polar surface area (TPSA) is 58.8 Å². The lowest BCUT2D eigenvalue weighted by molar-refractivity contribution is -0.136. The molecule has 2 atom stereocenters. The van der Waals surface area contributed by atoms with Crippen molar-refractivity contribution in [3.05, 3.63) is 0 Å². The normalized spacial score (nSPS) is 22.5. The number of carbonyl (C=O) groups excluding carboxylic acids is 1. The molecule has 2 unspecified atom stereocenters. The van der Waals surface area contributed by atoms with E-state index < -0.39 is 0 Å². The minimum absolute atomic E-state index is 0.117. The van der Waals surface area contributed by atoms with E-state index in [9.17, 15) is 4.79 Å². The first-order valence-corrected chi connectivity index (χ1v) is 7.41. The molecule has 112 valence electrons. The fraction of sp³-hybridized carbons (Fsp3) is 0.929. The van der Waals surface area contributed by atoms with Crippen LogP contribution in [0.2, 0.25) is 0 Å². The van der Waals surface area contributed by atoms with Gasteiger partial charge in [0.25, 0.3) is 0 Å². The van der Waals surface area contributed by atoms with Crippen molar-refractivity contribution in [1.82, 2.24) is 9.80 Å². The Morgan fingerprint density at radius 2 is 2.16 bits per heavy atom. The van der Waals surface area contributed by atoms with Gasteiger partial charge >= 0.3 is 0 Å². The number of carbonyl (C=O) groups is 1. The highest BCUT2D eigenvalue weighted by molar-refractivity contribution is 5.81. The number of hydrogen-bond acceptors (Lipinski definition) is 4. The Morgan fingerprint density at radius 1 is 1.42 bits per heavy atom. The first-order chi connectivity index (χ1) is 9.13. The van der Waals surface area contributed by atoms with Gasteiger partial charge in [-0.25, -0.2) is 0 Å². The molecule has 2 N–H and O–H groups in total. The number of amides is 1. The summed E-state index contributed by atoms with van der Waals surface area (Å²) in [5.41, 5.74) is 5.94. The molecule has 0 bridgehead atoms. The Bertz CT molecular complexity index is 273. The number of ether oxygens (including phenoxy) is 1. The molecule has 1 aliphatic rings. The number of nitrogens with zero attached hydrogens (tertiary/aromatic N) is 2. The number of piperazine rings is 1. The standard InChI is InChI=1S/C14H29N3O2/c1-4-6-13(15)14(18)17-8-7-16(9-10-19-3)12(5-2)11-17/h12-13H,4-11,15H2,1-3H3. The van der Waals surface area contributed by atoms with Gasteiger partial charge in [-0.05, 0) is 12.8 Å². The predicted molar refractivity (Wildman–Crippen MR) is 77.0 cm³/mol. The van der Waals surface area contributed by atoms with Gasteiger partial charge in [0.2, 0.25) is 5.91 Å². The van der Waals surface area contributed by atoms with Crippen molar-refractivity contribution < 1.29 is 9.53 Å². The SMILES string of the molecule is CCCC(N)C(=O)N1CCN(CCOC)C(CC)C1. The van der Waals surface area contributed by atoms with Gasteiger partial charge in [0, 0.05) is 39.3 Å². The van der Waals surface area contributed by atoms with E-state index in [1.54, 1.807) is 7.11 Å². The summed E-state index contributed by atoms with van der Waals surface area (Å²) in [7, 11) is 1.73. The van der Waals surface area contributed by atoms with Gasteiger partial charge in [0.15, 0.2) is 0 Å². The largest absolute Gasteiger partial charge is 0.383 e. The molecule has 1 aliphatic heterocycles. The molecular formula is C14H29N3O2.